The molecule has 1 aliphatic rings. The Bertz CT molecular complexity index is 724. The molecule has 1 amide bonds. The molecule has 6 nitrogen and oxygen atoms in total. The van der Waals surface area contributed by atoms with Crippen LogP contribution in [0, 0.1) is 0 Å². The number of nitrogens with one attached hydrogen (secondary N) is 2. The van der Waals surface area contributed by atoms with Crippen LogP contribution in [0.2, 0.25) is 0 Å². The molecule has 1 fully saturated rings. The van der Waals surface area contributed by atoms with Crippen molar-refractivity contribution < 1.29 is 9.90 Å². The molecule has 3 rings (SSSR count). The van der Waals surface area contributed by atoms with E-state index in [2.05, 4.69) is 20.6 Å². The lowest BCUT2D eigenvalue weighted by Gasteiger charge is -2.26. The van der Waals surface area contributed by atoms with Crippen molar-refractivity contribution in [1.29, 1.82) is 0 Å². The van der Waals surface area contributed by atoms with Gasteiger partial charge in [-0.25, -0.2) is 9.97 Å². The number of hydrogen-bond acceptors (Lipinski definition) is 5. The number of aromatic nitrogens is 2. The van der Waals surface area contributed by atoms with Crippen LogP contribution in [0.3, 0.4) is 0 Å². The van der Waals surface area contributed by atoms with Crippen LogP contribution in [-0.4, -0.2) is 39.2 Å². The zero-order valence-electron chi connectivity index (χ0n) is 14.1. The van der Waals surface area contributed by atoms with Crippen LogP contribution in [-0.2, 0) is 0 Å². The van der Waals surface area contributed by atoms with Gasteiger partial charge in [-0.2, -0.15) is 0 Å². The van der Waals surface area contributed by atoms with E-state index in [1.165, 1.54) is 0 Å². The Hall–Kier alpha value is -2.21. The average molecular weight is 328 g/mol. The molecule has 1 heterocycles. The summed E-state index contributed by atoms with van der Waals surface area (Å²) in [4.78, 5) is 21.3. The van der Waals surface area contributed by atoms with E-state index in [0.29, 0.717) is 17.0 Å². The number of aliphatic hydroxyl groups is 1. The number of anilines is 1. The van der Waals surface area contributed by atoms with E-state index >= 15 is 0 Å². The summed E-state index contributed by atoms with van der Waals surface area (Å²) >= 11 is 0. The number of nitrogens with zero attached hydrogens (tertiary/aromatic N) is 2. The number of benzene rings is 1. The van der Waals surface area contributed by atoms with Gasteiger partial charge in [-0.3, -0.25) is 4.79 Å². The van der Waals surface area contributed by atoms with E-state index < -0.39 is 0 Å². The van der Waals surface area contributed by atoms with Crippen LogP contribution in [0.4, 0.5) is 5.95 Å². The lowest BCUT2D eigenvalue weighted by Crippen LogP contribution is -2.30. The summed E-state index contributed by atoms with van der Waals surface area (Å²) in [7, 11) is 0. The van der Waals surface area contributed by atoms with Crippen molar-refractivity contribution in [2.24, 2.45) is 0 Å². The molecule has 128 valence electrons. The summed E-state index contributed by atoms with van der Waals surface area (Å²) in [6, 6.07) is 5.87. The standard InChI is InChI=1S/C18H24N4O2/c1-11(2)20-17(24)15-5-3-4-12-10-19-18(22-16(12)15)21-13-6-8-14(23)9-7-13/h3-5,10-11,13-14,23H,6-9H2,1-2H3,(H,20,24)(H,19,21,22). The van der Waals surface area contributed by atoms with Gasteiger partial charge in [0.2, 0.25) is 5.95 Å². The predicted octanol–water partition coefficient (Wildman–Crippen LogP) is 2.48. The van der Waals surface area contributed by atoms with Crippen LogP contribution >= 0.6 is 0 Å². The van der Waals surface area contributed by atoms with Crippen molar-refractivity contribution in [3.8, 4) is 0 Å². The number of para-hydroxylation sites is 1. The SMILES string of the molecule is CC(C)NC(=O)c1cccc2cnc(NC3CCC(O)CC3)nc12. The van der Waals surface area contributed by atoms with E-state index in [1.807, 2.05) is 26.0 Å². The second kappa shape index (κ2) is 7.13. The lowest BCUT2D eigenvalue weighted by molar-refractivity contribution is 0.0944. The van der Waals surface area contributed by atoms with E-state index in [4.69, 9.17) is 0 Å². The zero-order chi connectivity index (χ0) is 17.1. The molecular formula is C18H24N4O2. The Balaban J connectivity index is 1.85. The summed E-state index contributed by atoms with van der Waals surface area (Å²) in [5.41, 5.74) is 1.22. The number of fused-ring (bicyclic) bond motifs is 1. The molecule has 3 N–H and O–H groups in total. The summed E-state index contributed by atoms with van der Waals surface area (Å²) in [6.45, 7) is 3.87. The maximum atomic E-state index is 12.4. The van der Waals surface area contributed by atoms with Gasteiger partial charge in [0.05, 0.1) is 17.2 Å². The first-order valence-electron chi connectivity index (χ1n) is 8.54. The van der Waals surface area contributed by atoms with Gasteiger partial charge < -0.3 is 15.7 Å². The summed E-state index contributed by atoms with van der Waals surface area (Å²) < 4.78 is 0. The molecule has 1 aliphatic carbocycles. The van der Waals surface area contributed by atoms with Gasteiger partial charge in [0, 0.05) is 23.7 Å². The van der Waals surface area contributed by atoms with E-state index in [-0.39, 0.29) is 24.1 Å². The van der Waals surface area contributed by atoms with Crippen molar-refractivity contribution in [3.05, 3.63) is 30.0 Å². The molecule has 1 saturated carbocycles. The van der Waals surface area contributed by atoms with Crippen LogP contribution in [0.5, 0.6) is 0 Å². The minimum atomic E-state index is -0.188. The highest BCUT2D eigenvalue weighted by Gasteiger charge is 2.20. The first-order valence-corrected chi connectivity index (χ1v) is 8.54. The maximum Gasteiger partial charge on any atom is 0.253 e. The molecule has 1 aromatic carbocycles. The number of amides is 1. The average Bonchev–Trinajstić information content (AvgIpc) is 2.55. The zero-order valence-corrected chi connectivity index (χ0v) is 14.1. The van der Waals surface area contributed by atoms with Crippen molar-refractivity contribution in [1.82, 2.24) is 15.3 Å². The third-order valence-corrected chi connectivity index (χ3v) is 4.31. The normalized spacial score (nSPS) is 21.0. The fraction of sp³-hybridized carbons (Fsp3) is 0.500. The second-order valence-electron chi connectivity index (χ2n) is 6.71. The molecule has 6 heteroatoms. The van der Waals surface area contributed by atoms with Gasteiger partial charge in [0.15, 0.2) is 0 Å². The number of carbonyl (C=O) groups excluding carboxylic acids is 1. The Kier molecular flexibility index (Phi) is 4.94. The Morgan fingerprint density at radius 2 is 2.00 bits per heavy atom. The third kappa shape index (κ3) is 3.82. The van der Waals surface area contributed by atoms with Gasteiger partial charge in [0.1, 0.15) is 0 Å². The number of rotatable bonds is 4. The summed E-state index contributed by atoms with van der Waals surface area (Å²) in [6.07, 6.45) is 4.96. The van der Waals surface area contributed by atoms with Gasteiger partial charge >= 0.3 is 0 Å². The largest absolute Gasteiger partial charge is 0.393 e. The van der Waals surface area contributed by atoms with Crippen LogP contribution in [0.1, 0.15) is 49.9 Å². The number of carbonyl (C=O) groups is 1. The highest BCUT2D eigenvalue weighted by molar-refractivity contribution is 6.05. The summed E-state index contributed by atoms with van der Waals surface area (Å²) in [5.74, 6) is 0.412. The minimum absolute atomic E-state index is 0.0702. The molecule has 0 bridgehead atoms. The molecule has 0 unspecified atom stereocenters. The maximum absolute atomic E-state index is 12.4. The van der Waals surface area contributed by atoms with Crippen LogP contribution < -0.4 is 10.6 Å². The van der Waals surface area contributed by atoms with E-state index in [1.54, 1.807) is 12.3 Å². The smallest absolute Gasteiger partial charge is 0.253 e. The lowest BCUT2D eigenvalue weighted by atomic mass is 9.93. The molecular weight excluding hydrogens is 304 g/mol. The van der Waals surface area contributed by atoms with Crippen molar-refractivity contribution >= 4 is 22.8 Å². The van der Waals surface area contributed by atoms with Gasteiger partial charge in [0.25, 0.3) is 5.91 Å². The predicted molar refractivity (Wildman–Crippen MR) is 94.0 cm³/mol. The Morgan fingerprint density at radius 1 is 1.25 bits per heavy atom. The van der Waals surface area contributed by atoms with Crippen molar-refractivity contribution in [3.63, 3.8) is 0 Å². The number of hydrogen-bond donors (Lipinski definition) is 3. The first-order chi connectivity index (χ1) is 11.5. The van der Waals surface area contributed by atoms with Crippen molar-refractivity contribution in [2.45, 2.75) is 57.7 Å². The molecule has 24 heavy (non-hydrogen) atoms. The van der Waals surface area contributed by atoms with Crippen LogP contribution in [0.25, 0.3) is 10.9 Å². The topological polar surface area (TPSA) is 87.1 Å². The highest BCUT2D eigenvalue weighted by Crippen LogP contribution is 2.22. The van der Waals surface area contributed by atoms with E-state index in [0.717, 1.165) is 31.1 Å². The van der Waals surface area contributed by atoms with Gasteiger partial charge in [-0.05, 0) is 45.6 Å². The molecule has 0 atom stereocenters. The molecule has 0 aliphatic heterocycles. The van der Waals surface area contributed by atoms with Crippen LogP contribution in [0.15, 0.2) is 24.4 Å². The fourth-order valence-corrected chi connectivity index (χ4v) is 3.05. The molecule has 0 radical (unpaired) electrons. The molecule has 0 spiro atoms. The van der Waals surface area contributed by atoms with Gasteiger partial charge in [-0.15, -0.1) is 0 Å². The van der Waals surface area contributed by atoms with Crippen molar-refractivity contribution in [2.75, 3.05) is 5.32 Å². The molecule has 2 aromatic rings. The minimum Gasteiger partial charge on any atom is -0.393 e. The highest BCUT2D eigenvalue weighted by atomic mass is 16.3. The second-order valence-corrected chi connectivity index (χ2v) is 6.71. The number of aliphatic hydroxyl groups excluding tert-OH is 1. The Morgan fingerprint density at radius 3 is 2.71 bits per heavy atom. The van der Waals surface area contributed by atoms with Gasteiger partial charge in [-0.1, -0.05) is 12.1 Å². The molecule has 0 saturated heterocycles. The Labute approximate surface area is 141 Å². The monoisotopic (exact) mass is 328 g/mol. The first kappa shape index (κ1) is 16.6. The van der Waals surface area contributed by atoms with E-state index in [9.17, 15) is 9.90 Å². The fourth-order valence-electron chi connectivity index (χ4n) is 3.05. The summed E-state index contributed by atoms with van der Waals surface area (Å²) in [5, 5.41) is 16.7. The quantitative estimate of drug-likeness (QED) is 0.802. The molecule has 1 aromatic heterocycles. The third-order valence-electron chi connectivity index (χ3n) is 4.31.